The van der Waals surface area contributed by atoms with Crippen LogP contribution in [-0.4, -0.2) is 36.8 Å². The minimum absolute atomic E-state index is 0.0174. The lowest BCUT2D eigenvalue weighted by Gasteiger charge is -2.27. The summed E-state index contributed by atoms with van der Waals surface area (Å²) >= 11 is 0. The predicted molar refractivity (Wildman–Crippen MR) is 96.2 cm³/mol. The van der Waals surface area contributed by atoms with Gasteiger partial charge in [-0.05, 0) is 42.2 Å². The Hall–Kier alpha value is -2.08. The smallest absolute Gasteiger partial charge is 0.254 e. The fourth-order valence-electron chi connectivity index (χ4n) is 3.13. The highest BCUT2D eigenvalue weighted by atomic mass is 32.2. The number of nitrogens with zero attached hydrogens (tertiary/aromatic N) is 1. The Morgan fingerprint density at radius 2 is 1.96 bits per heavy atom. The second-order valence-electron chi connectivity index (χ2n) is 6.85. The first-order chi connectivity index (χ1) is 11.9. The van der Waals surface area contributed by atoms with Crippen molar-refractivity contribution < 1.29 is 17.6 Å². The Kier molecular flexibility index (Phi) is 4.99. The third kappa shape index (κ3) is 4.12. The molecule has 1 aromatic carbocycles. The highest BCUT2D eigenvalue weighted by molar-refractivity contribution is 7.91. The summed E-state index contributed by atoms with van der Waals surface area (Å²) < 4.78 is 29.1. The lowest BCUT2D eigenvalue weighted by atomic mass is 10.0. The Labute approximate surface area is 148 Å². The molecule has 0 N–H and O–H groups in total. The van der Waals surface area contributed by atoms with Crippen LogP contribution in [0.5, 0.6) is 0 Å². The van der Waals surface area contributed by atoms with Crippen LogP contribution in [0.1, 0.15) is 47.9 Å². The van der Waals surface area contributed by atoms with Gasteiger partial charge in [-0.25, -0.2) is 8.42 Å². The van der Waals surface area contributed by atoms with Crippen LogP contribution in [0.3, 0.4) is 0 Å². The molecule has 1 aliphatic heterocycles. The van der Waals surface area contributed by atoms with Crippen LogP contribution < -0.4 is 0 Å². The summed E-state index contributed by atoms with van der Waals surface area (Å²) in [7, 11) is -3.08. The van der Waals surface area contributed by atoms with E-state index < -0.39 is 9.84 Å². The molecule has 3 rings (SSSR count). The number of furan rings is 1. The van der Waals surface area contributed by atoms with Crippen molar-refractivity contribution in [2.45, 2.75) is 38.8 Å². The third-order valence-corrected chi connectivity index (χ3v) is 6.39. The summed E-state index contributed by atoms with van der Waals surface area (Å²) in [6.07, 6.45) is 2.03. The molecule has 1 amide bonds. The number of benzene rings is 1. The van der Waals surface area contributed by atoms with Crippen LogP contribution in [0.4, 0.5) is 0 Å². The lowest BCUT2D eigenvalue weighted by Crippen LogP contribution is -2.40. The van der Waals surface area contributed by atoms with E-state index in [1.807, 2.05) is 24.3 Å². The summed E-state index contributed by atoms with van der Waals surface area (Å²) in [5, 5.41) is 0. The number of sulfone groups is 1. The summed E-state index contributed by atoms with van der Waals surface area (Å²) in [6.45, 7) is 4.48. The van der Waals surface area contributed by atoms with E-state index in [0.717, 1.165) is 5.56 Å². The van der Waals surface area contributed by atoms with Gasteiger partial charge in [0.25, 0.3) is 5.91 Å². The monoisotopic (exact) mass is 361 g/mol. The molecular formula is C19H23NO4S. The zero-order valence-electron chi connectivity index (χ0n) is 14.5. The average Bonchev–Trinajstić information content (AvgIpc) is 3.21. The molecule has 0 saturated carbocycles. The molecule has 25 heavy (non-hydrogen) atoms. The molecule has 0 unspecified atom stereocenters. The van der Waals surface area contributed by atoms with Crippen molar-refractivity contribution in [3.8, 4) is 0 Å². The van der Waals surface area contributed by atoms with Gasteiger partial charge in [-0.15, -0.1) is 0 Å². The predicted octanol–water partition coefficient (Wildman–Crippen LogP) is 3.23. The lowest BCUT2D eigenvalue weighted by molar-refractivity contribution is 0.0666. The largest absolute Gasteiger partial charge is 0.467 e. The number of hydrogen-bond donors (Lipinski definition) is 0. The molecule has 0 radical (unpaired) electrons. The van der Waals surface area contributed by atoms with E-state index in [-0.39, 0.29) is 30.0 Å². The zero-order chi connectivity index (χ0) is 18.0. The molecule has 1 aliphatic rings. The standard InChI is InChI=1S/C19H23NO4S/c1-14(2)15-5-7-16(8-6-15)19(21)20(12-18-4-3-10-24-18)17-9-11-25(22,23)13-17/h3-8,10,14,17H,9,11-13H2,1-2H3/t17-/m1/s1. The van der Waals surface area contributed by atoms with Crippen LogP contribution in [-0.2, 0) is 16.4 Å². The molecule has 6 heteroatoms. The molecule has 0 spiro atoms. The van der Waals surface area contributed by atoms with Crippen molar-refractivity contribution in [3.05, 3.63) is 59.5 Å². The SMILES string of the molecule is CC(C)c1ccc(C(=O)N(Cc2ccco2)[C@@H]2CCS(=O)(=O)C2)cc1. The van der Waals surface area contributed by atoms with Gasteiger partial charge in [-0.1, -0.05) is 26.0 Å². The maximum Gasteiger partial charge on any atom is 0.254 e. The van der Waals surface area contributed by atoms with Gasteiger partial charge < -0.3 is 9.32 Å². The first kappa shape index (κ1) is 17.7. The van der Waals surface area contributed by atoms with Crippen LogP contribution in [0.15, 0.2) is 47.1 Å². The molecule has 0 bridgehead atoms. The minimum Gasteiger partial charge on any atom is -0.467 e. The van der Waals surface area contributed by atoms with Crippen LogP contribution >= 0.6 is 0 Å². The Morgan fingerprint density at radius 1 is 1.24 bits per heavy atom. The molecule has 2 aromatic rings. The first-order valence-electron chi connectivity index (χ1n) is 8.49. The summed E-state index contributed by atoms with van der Waals surface area (Å²) in [5.41, 5.74) is 1.73. The van der Waals surface area contributed by atoms with Gasteiger partial charge in [0, 0.05) is 11.6 Å². The van der Waals surface area contributed by atoms with Crippen LogP contribution in [0.2, 0.25) is 0 Å². The van der Waals surface area contributed by atoms with Gasteiger partial charge in [0.15, 0.2) is 9.84 Å². The molecule has 134 valence electrons. The van der Waals surface area contributed by atoms with Gasteiger partial charge >= 0.3 is 0 Å². The van der Waals surface area contributed by atoms with Gasteiger partial charge in [0.05, 0.1) is 24.3 Å². The van der Waals surface area contributed by atoms with E-state index in [4.69, 9.17) is 4.42 Å². The molecule has 1 atom stereocenters. The van der Waals surface area contributed by atoms with Gasteiger partial charge in [0.2, 0.25) is 0 Å². The molecule has 0 aliphatic carbocycles. The van der Waals surface area contributed by atoms with Crippen molar-refractivity contribution in [1.29, 1.82) is 0 Å². The van der Waals surface area contributed by atoms with E-state index in [1.165, 1.54) is 0 Å². The molecule has 1 aromatic heterocycles. The number of amides is 1. The second-order valence-corrected chi connectivity index (χ2v) is 9.07. The molecule has 5 nitrogen and oxygen atoms in total. The highest BCUT2D eigenvalue weighted by Gasteiger charge is 2.35. The number of hydrogen-bond acceptors (Lipinski definition) is 4. The van der Waals surface area contributed by atoms with E-state index in [2.05, 4.69) is 13.8 Å². The van der Waals surface area contributed by atoms with Crippen molar-refractivity contribution in [2.24, 2.45) is 0 Å². The topological polar surface area (TPSA) is 67.6 Å². The Bertz CT molecular complexity index is 823. The quantitative estimate of drug-likeness (QED) is 0.820. The van der Waals surface area contributed by atoms with Crippen molar-refractivity contribution in [3.63, 3.8) is 0 Å². The molecule has 1 saturated heterocycles. The molecule has 1 fully saturated rings. The third-order valence-electron chi connectivity index (χ3n) is 4.64. The summed E-state index contributed by atoms with van der Waals surface area (Å²) in [6, 6.07) is 10.8. The maximum absolute atomic E-state index is 13.0. The fourth-order valence-corrected chi connectivity index (χ4v) is 4.87. The van der Waals surface area contributed by atoms with E-state index >= 15 is 0 Å². The van der Waals surface area contributed by atoms with Crippen LogP contribution in [0, 0.1) is 0 Å². The van der Waals surface area contributed by atoms with Crippen molar-refractivity contribution >= 4 is 15.7 Å². The zero-order valence-corrected chi connectivity index (χ0v) is 15.3. The Morgan fingerprint density at radius 3 is 2.48 bits per heavy atom. The number of carbonyl (C=O) groups is 1. The number of carbonyl (C=O) groups excluding carboxylic acids is 1. The van der Waals surface area contributed by atoms with Crippen molar-refractivity contribution in [1.82, 2.24) is 4.90 Å². The van der Waals surface area contributed by atoms with Crippen LogP contribution in [0.25, 0.3) is 0 Å². The van der Waals surface area contributed by atoms with Crippen molar-refractivity contribution in [2.75, 3.05) is 11.5 Å². The summed E-state index contributed by atoms with van der Waals surface area (Å²) in [4.78, 5) is 14.7. The van der Waals surface area contributed by atoms with Gasteiger partial charge in [-0.2, -0.15) is 0 Å². The highest BCUT2D eigenvalue weighted by Crippen LogP contribution is 2.23. The van der Waals surface area contributed by atoms with Gasteiger partial charge in [0.1, 0.15) is 5.76 Å². The second kappa shape index (κ2) is 7.04. The molecule has 2 heterocycles. The molecular weight excluding hydrogens is 338 g/mol. The average molecular weight is 361 g/mol. The fraction of sp³-hybridized carbons (Fsp3) is 0.421. The minimum atomic E-state index is -3.08. The van der Waals surface area contributed by atoms with E-state index in [0.29, 0.717) is 23.7 Å². The normalized spacial score (nSPS) is 19.2. The van der Waals surface area contributed by atoms with Gasteiger partial charge in [-0.3, -0.25) is 4.79 Å². The maximum atomic E-state index is 13.0. The van der Waals surface area contributed by atoms with E-state index in [9.17, 15) is 13.2 Å². The summed E-state index contributed by atoms with van der Waals surface area (Å²) in [5.74, 6) is 1.03. The first-order valence-corrected chi connectivity index (χ1v) is 10.3. The Balaban J connectivity index is 1.86. The van der Waals surface area contributed by atoms with E-state index in [1.54, 1.807) is 23.3 Å². The number of rotatable bonds is 5.